The monoisotopic (exact) mass is 414 g/mol. The van der Waals surface area contributed by atoms with Gasteiger partial charge >= 0.3 is 0 Å². The number of halogens is 2. The summed E-state index contributed by atoms with van der Waals surface area (Å²) >= 11 is 0. The third kappa shape index (κ3) is 5.04. The Balaban J connectivity index is 1.71. The van der Waals surface area contributed by atoms with Gasteiger partial charge in [0.1, 0.15) is 37.2 Å². The normalized spacial score (nSPS) is 16.7. The second kappa shape index (κ2) is 8.92. The molecule has 0 aromatic heterocycles. The molecule has 0 N–H and O–H groups in total. The van der Waals surface area contributed by atoms with Crippen molar-refractivity contribution in [3.05, 3.63) is 131 Å². The molecule has 2 aromatic rings. The zero-order valence-electron chi connectivity index (χ0n) is 17.3. The first kappa shape index (κ1) is 20.5. The summed E-state index contributed by atoms with van der Waals surface area (Å²) in [6.45, 7) is 0. The van der Waals surface area contributed by atoms with Gasteiger partial charge < -0.3 is 4.74 Å². The highest BCUT2D eigenvalue weighted by molar-refractivity contribution is 6.02. The Labute approximate surface area is 180 Å². The topological polar surface area (TPSA) is 12.2 Å². The van der Waals surface area contributed by atoms with Crippen LogP contribution < -0.4 is 0 Å². The number of rotatable bonds is 3. The van der Waals surface area contributed by atoms with Gasteiger partial charge in [-0.3, -0.25) is 0 Å². The first-order valence-electron chi connectivity index (χ1n) is 9.93. The van der Waals surface area contributed by atoms with Gasteiger partial charge in [-0.25, -0.2) is 13.4 Å². The highest BCUT2D eigenvalue weighted by Gasteiger charge is 2.15. The minimum absolute atomic E-state index is 0.316. The van der Waals surface area contributed by atoms with Gasteiger partial charge in [0.25, 0.3) is 0 Å². The average molecular weight is 414 g/mol. The number of allylic oxidation sites excluding steroid dienone is 10. The Kier molecular flexibility index (Phi) is 5.89. The Morgan fingerprint density at radius 1 is 0.774 bits per heavy atom. The molecule has 154 valence electrons. The van der Waals surface area contributed by atoms with Gasteiger partial charge in [0.2, 0.25) is 0 Å². The predicted molar refractivity (Wildman–Crippen MR) is 121 cm³/mol. The molecule has 1 aliphatic carbocycles. The highest BCUT2D eigenvalue weighted by atomic mass is 19.1. The van der Waals surface area contributed by atoms with Gasteiger partial charge in [0, 0.05) is 17.7 Å². The van der Waals surface area contributed by atoms with Crippen molar-refractivity contribution in [1.82, 2.24) is 0 Å². The molecule has 0 unspecified atom stereocenters. The van der Waals surface area contributed by atoms with Crippen molar-refractivity contribution in [1.29, 1.82) is 0 Å². The maximum atomic E-state index is 13.8. The molecule has 0 saturated heterocycles. The van der Waals surface area contributed by atoms with Crippen molar-refractivity contribution in [3.63, 3.8) is 0 Å². The van der Waals surface area contributed by atoms with Gasteiger partial charge in [0.05, 0.1) is 0 Å². The fourth-order valence-corrected chi connectivity index (χ4v) is 3.28. The standard InChI is InChI=1S/C27H22F2NO/c1-30(2)25-12-9-19(10-13-25)11-14-26-17-22(20-5-3-7-23(28)15-20)18-27(31-26)21-6-4-8-24(29)16-21/h3-18H,1-2H3/q+1/b26-14+. The van der Waals surface area contributed by atoms with Gasteiger partial charge in [0.15, 0.2) is 5.71 Å². The SMILES string of the molecule is C[N+](C)=C1C=CC(=C/C=C2\C=C(c3cccc(F)c3)C=C(c3cccc(F)c3)O2)C=C1. The van der Waals surface area contributed by atoms with Crippen molar-refractivity contribution >= 4 is 17.0 Å². The van der Waals surface area contributed by atoms with Crippen LogP contribution in [-0.2, 0) is 4.74 Å². The van der Waals surface area contributed by atoms with Crippen LogP contribution in [0.5, 0.6) is 0 Å². The van der Waals surface area contributed by atoms with Crippen molar-refractivity contribution < 1.29 is 18.1 Å². The zero-order valence-corrected chi connectivity index (χ0v) is 17.3. The fourth-order valence-electron chi connectivity index (χ4n) is 3.28. The maximum absolute atomic E-state index is 13.8. The summed E-state index contributed by atoms with van der Waals surface area (Å²) in [7, 11) is 3.99. The molecule has 0 amide bonds. The van der Waals surface area contributed by atoms with Crippen molar-refractivity contribution in [2.75, 3.05) is 14.1 Å². The zero-order chi connectivity index (χ0) is 21.8. The van der Waals surface area contributed by atoms with Crippen LogP contribution in [-0.4, -0.2) is 24.4 Å². The molecular formula is C27H22F2NO+. The molecule has 0 saturated carbocycles. The largest absolute Gasteiger partial charge is 0.457 e. The molecule has 31 heavy (non-hydrogen) atoms. The van der Waals surface area contributed by atoms with E-state index < -0.39 is 0 Å². The molecule has 4 rings (SSSR count). The average Bonchev–Trinajstić information content (AvgIpc) is 2.78. The summed E-state index contributed by atoms with van der Waals surface area (Å²) in [6.07, 6.45) is 15.6. The number of nitrogens with zero attached hydrogens (tertiary/aromatic N) is 1. The lowest BCUT2D eigenvalue weighted by molar-refractivity contribution is -0.462. The smallest absolute Gasteiger partial charge is 0.199 e. The van der Waals surface area contributed by atoms with E-state index in [9.17, 15) is 8.78 Å². The number of hydrogen-bond acceptors (Lipinski definition) is 1. The molecule has 2 aromatic carbocycles. The maximum Gasteiger partial charge on any atom is 0.199 e. The third-order valence-electron chi connectivity index (χ3n) is 4.93. The molecule has 1 heterocycles. The summed E-state index contributed by atoms with van der Waals surface area (Å²) in [4.78, 5) is 0. The van der Waals surface area contributed by atoms with Crippen molar-refractivity contribution in [2.24, 2.45) is 0 Å². The lowest BCUT2D eigenvalue weighted by Crippen LogP contribution is -2.09. The molecule has 0 bridgehead atoms. The minimum atomic E-state index is -0.345. The molecule has 0 atom stereocenters. The predicted octanol–water partition coefficient (Wildman–Crippen LogP) is 6.07. The second-order valence-corrected chi connectivity index (χ2v) is 7.45. The molecule has 1 aliphatic heterocycles. The Morgan fingerprint density at radius 3 is 2.06 bits per heavy atom. The van der Waals surface area contributed by atoms with Crippen LogP contribution in [0.3, 0.4) is 0 Å². The molecule has 0 radical (unpaired) electrons. The van der Waals surface area contributed by atoms with Crippen molar-refractivity contribution in [2.45, 2.75) is 0 Å². The van der Waals surface area contributed by atoms with Crippen molar-refractivity contribution in [3.8, 4) is 0 Å². The van der Waals surface area contributed by atoms with Crippen LogP contribution in [0.2, 0.25) is 0 Å². The Bertz CT molecular complexity index is 1220. The van der Waals surface area contributed by atoms with E-state index in [1.54, 1.807) is 24.3 Å². The van der Waals surface area contributed by atoms with E-state index in [0.717, 1.165) is 22.4 Å². The van der Waals surface area contributed by atoms with Crippen LogP contribution in [0.15, 0.2) is 108 Å². The van der Waals surface area contributed by atoms with Crippen LogP contribution in [0.1, 0.15) is 11.1 Å². The summed E-state index contributed by atoms with van der Waals surface area (Å²) in [5.74, 6) is 0.423. The molecule has 2 nitrogen and oxygen atoms in total. The lowest BCUT2D eigenvalue weighted by atomic mass is 10.00. The quantitative estimate of drug-likeness (QED) is 0.556. The van der Waals surface area contributed by atoms with Gasteiger partial charge in [-0.1, -0.05) is 30.3 Å². The van der Waals surface area contributed by atoms with Crippen LogP contribution in [0, 0.1) is 11.6 Å². The van der Waals surface area contributed by atoms with E-state index in [1.165, 1.54) is 24.3 Å². The summed E-state index contributed by atoms with van der Waals surface area (Å²) < 4.78 is 35.7. The third-order valence-corrected chi connectivity index (χ3v) is 4.93. The first-order valence-corrected chi connectivity index (χ1v) is 9.93. The highest BCUT2D eigenvalue weighted by Crippen LogP contribution is 2.32. The van der Waals surface area contributed by atoms with Gasteiger partial charge in [-0.15, -0.1) is 0 Å². The lowest BCUT2D eigenvalue weighted by Gasteiger charge is -2.18. The van der Waals surface area contributed by atoms with Gasteiger partial charge in [-0.05, 0) is 71.4 Å². The number of ether oxygens (including phenoxy) is 1. The summed E-state index contributed by atoms with van der Waals surface area (Å²) in [6, 6.07) is 12.6. The van der Waals surface area contributed by atoms with E-state index in [-0.39, 0.29) is 11.6 Å². The van der Waals surface area contributed by atoms with Crippen LogP contribution >= 0.6 is 0 Å². The molecule has 2 aliphatic rings. The first-order chi connectivity index (χ1) is 15.0. The van der Waals surface area contributed by atoms with E-state index in [0.29, 0.717) is 17.1 Å². The molecule has 0 fully saturated rings. The van der Waals surface area contributed by atoms with E-state index in [2.05, 4.69) is 0 Å². The molecule has 0 spiro atoms. The van der Waals surface area contributed by atoms with E-state index in [4.69, 9.17) is 4.74 Å². The van der Waals surface area contributed by atoms with Crippen LogP contribution in [0.25, 0.3) is 11.3 Å². The second-order valence-electron chi connectivity index (χ2n) is 7.45. The number of hydrogen-bond donors (Lipinski definition) is 0. The number of benzene rings is 2. The summed E-state index contributed by atoms with van der Waals surface area (Å²) in [5, 5.41) is 0. The van der Waals surface area contributed by atoms with Crippen LogP contribution in [0.4, 0.5) is 8.78 Å². The Morgan fingerprint density at radius 2 is 1.42 bits per heavy atom. The minimum Gasteiger partial charge on any atom is -0.457 e. The Hall–Kier alpha value is -3.79. The van der Waals surface area contributed by atoms with E-state index in [1.807, 2.05) is 67.3 Å². The van der Waals surface area contributed by atoms with E-state index >= 15 is 0 Å². The summed E-state index contributed by atoms with van der Waals surface area (Å²) in [5.41, 5.74) is 4.25. The fraction of sp³-hybridized carbons (Fsp3) is 0.0741. The van der Waals surface area contributed by atoms with Gasteiger partial charge in [-0.2, -0.15) is 0 Å². The molecular weight excluding hydrogens is 392 g/mol. The molecule has 4 heteroatoms.